The lowest BCUT2D eigenvalue weighted by atomic mass is 10.2. The summed E-state index contributed by atoms with van der Waals surface area (Å²) in [7, 11) is -3.17. The molecule has 0 bridgehead atoms. The molecule has 104 valence electrons. The summed E-state index contributed by atoms with van der Waals surface area (Å²) in [6.07, 6.45) is 0. The Kier molecular flexibility index (Phi) is 3.86. The Labute approximate surface area is 116 Å². The minimum Gasteiger partial charge on any atom is -0.397 e. The van der Waals surface area contributed by atoms with Gasteiger partial charge in [-0.1, -0.05) is 12.1 Å². The van der Waals surface area contributed by atoms with E-state index in [0.717, 1.165) is 0 Å². The summed E-state index contributed by atoms with van der Waals surface area (Å²) in [5.74, 6) is -0.258. The molecule has 2 unspecified atom stereocenters. The van der Waals surface area contributed by atoms with Crippen molar-refractivity contribution in [3.05, 3.63) is 24.3 Å². The highest BCUT2D eigenvalue weighted by Gasteiger charge is 2.37. The molecular formula is C11H14ClN3O3S. The van der Waals surface area contributed by atoms with Crippen molar-refractivity contribution >= 4 is 38.8 Å². The molecule has 1 fully saturated rings. The maximum absolute atomic E-state index is 11.7. The second-order valence-corrected chi connectivity index (χ2v) is 7.10. The zero-order valence-corrected chi connectivity index (χ0v) is 11.5. The van der Waals surface area contributed by atoms with Crippen molar-refractivity contribution in [2.45, 2.75) is 11.4 Å². The number of amides is 2. The molecule has 1 aliphatic rings. The number of sulfone groups is 1. The van der Waals surface area contributed by atoms with Crippen LogP contribution in [0.1, 0.15) is 0 Å². The van der Waals surface area contributed by atoms with E-state index >= 15 is 0 Å². The Morgan fingerprint density at radius 2 is 2.00 bits per heavy atom. The number of nitrogens with two attached hydrogens (primary N) is 1. The van der Waals surface area contributed by atoms with E-state index in [2.05, 4.69) is 10.6 Å². The van der Waals surface area contributed by atoms with Gasteiger partial charge < -0.3 is 16.4 Å². The maximum Gasteiger partial charge on any atom is 0.319 e. The molecule has 8 heteroatoms. The molecule has 1 saturated heterocycles. The topological polar surface area (TPSA) is 101 Å². The summed E-state index contributed by atoms with van der Waals surface area (Å²) >= 11 is 5.89. The molecule has 0 spiro atoms. The van der Waals surface area contributed by atoms with Gasteiger partial charge in [-0.3, -0.25) is 0 Å². The van der Waals surface area contributed by atoms with Crippen LogP contribution in [0.2, 0.25) is 0 Å². The Morgan fingerprint density at radius 3 is 2.58 bits per heavy atom. The van der Waals surface area contributed by atoms with E-state index in [-0.39, 0.29) is 11.5 Å². The van der Waals surface area contributed by atoms with Crippen molar-refractivity contribution in [3.63, 3.8) is 0 Å². The summed E-state index contributed by atoms with van der Waals surface area (Å²) in [5.41, 5.74) is 6.58. The van der Waals surface area contributed by atoms with Gasteiger partial charge in [0.25, 0.3) is 0 Å². The van der Waals surface area contributed by atoms with Crippen LogP contribution in [0.15, 0.2) is 24.3 Å². The smallest absolute Gasteiger partial charge is 0.319 e. The second kappa shape index (κ2) is 5.26. The van der Waals surface area contributed by atoms with E-state index in [9.17, 15) is 13.2 Å². The largest absolute Gasteiger partial charge is 0.397 e. The average molecular weight is 304 g/mol. The number of halogens is 1. The van der Waals surface area contributed by atoms with Crippen LogP contribution in [0.3, 0.4) is 0 Å². The van der Waals surface area contributed by atoms with E-state index in [1.165, 1.54) is 0 Å². The van der Waals surface area contributed by atoms with Crippen LogP contribution in [0.4, 0.5) is 16.2 Å². The number of nitrogen functional groups attached to an aromatic ring is 1. The standard InChI is InChI=1S/C11H14ClN3O3S/c12-7-5-19(17,18)6-10(7)15-11(16)14-9-4-2-1-3-8(9)13/h1-4,7,10H,5-6,13H2,(H2,14,15,16). The van der Waals surface area contributed by atoms with Gasteiger partial charge >= 0.3 is 6.03 Å². The molecule has 1 aromatic rings. The zero-order valence-electron chi connectivity index (χ0n) is 9.97. The molecule has 6 nitrogen and oxygen atoms in total. The highest BCUT2D eigenvalue weighted by molar-refractivity contribution is 7.91. The van der Waals surface area contributed by atoms with Gasteiger partial charge in [-0.25, -0.2) is 13.2 Å². The summed E-state index contributed by atoms with van der Waals surface area (Å²) in [6.45, 7) is 0. The van der Waals surface area contributed by atoms with Crippen LogP contribution in [0.5, 0.6) is 0 Å². The van der Waals surface area contributed by atoms with Crippen LogP contribution >= 0.6 is 11.6 Å². The number of hydrogen-bond acceptors (Lipinski definition) is 4. The summed E-state index contributed by atoms with van der Waals surface area (Å²) in [6, 6.07) is 5.67. The lowest BCUT2D eigenvalue weighted by Crippen LogP contribution is -2.43. The fraction of sp³-hybridized carbons (Fsp3) is 0.364. The fourth-order valence-corrected chi connectivity index (χ4v) is 4.42. The second-order valence-electron chi connectivity index (χ2n) is 4.39. The van der Waals surface area contributed by atoms with Crippen molar-refractivity contribution < 1.29 is 13.2 Å². The van der Waals surface area contributed by atoms with Crippen LogP contribution in [0, 0.1) is 0 Å². The SMILES string of the molecule is Nc1ccccc1NC(=O)NC1CS(=O)(=O)CC1Cl. The minimum atomic E-state index is -3.17. The summed E-state index contributed by atoms with van der Waals surface area (Å²) < 4.78 is 22.7. The predicted octanol–water partition coefficient (Wildman–Crippen LogP) is 0.795. The van der Waals surface area contributed by atoms with E-state index < -0.39 is 27.3 Å². The van der Waals surface area contributed by atoms with Crippen molar-refractivity contribution in [1.29, 1.82) is 0 Å². The van der Waals surface area contributed by atoms with Gasteiger partial charge in [-0.15, -0.1) is 11.6 Å². The Balaban J connectivity index is 1.98. The van der Waals surface area contributed by atoms with E-state index in [0.29, 0.717) is 11.4 Å². The van der Waals surface area contributed by atoms with Gasteiger partial charge in [0.2, 0.25) is 0 Å². The monoisotopic (exact) mass is 303 g/mol. The number of carbonyl (C=O) groups excluding carboxylic acids is 1. The van der Waals surface area contributed by atoms with Crippen LogP contribution in [-0.4, -0.2) is 37.4 Å². The Morgan fingerprint density at radius 1 is 1.32 bits per heavy atom. The third-order valence-electron chi connectivity index (χ3n) is 2.81. The van der Waals surface area contributed by atoms with Gasteiger partial charge in [-0.2, -0.15) is 0 Å². The lowest BCUT2D eigenvalue weighted by molar-refractivity contribution is 0.249. The van der Waals surface area contributed by atoms with Gasteiger partial charge in [0.15, 0.2) is 9.84 Å². The summed E-state index contributed by atoms with van der Waals surface area (Å²) in [5, 5.41) is 4.49. The number of urea groups is 1. The van der Waals surface area contributed by atoms with Crippen LogP contribution in [0.25, 0.3) is 0 Å². The normalized spacial score (nSPS) is 24.9. The molecule has 2 atom stereocenters. The first-order chi connectivity index (χ1) is 8.87. The molecule has 0 aromatic heterocycles. The van der Waals surface area contributed by atoms with E-state index in [1.54, 1.807) is 24.3 Å². The Hall–Kier alpha value is -1.47. The molecule has 0 radical (unpaired) electrons. The molecule has 1 heterocycles. The molecular weight excluding hydrogens is 290 g/mol. The van der Waals surface area contributed by atoms with Gasteiger partial charge in [-0.05, 0) is 12.1 Å². The van der Waals surface area contributed by atoms with Crippen molar-refractivity contribution in [3.8, 4) is 0 Å². The van der Waals surface area contributed by atoms with Crippen LogP contribution < -0.4 is 16.4 Å². The number of carbonyl (C=O) groups is 1. The predicted molar refractivity (Wildman–Crippen MR) is 75.1 cm³/mol. The molecule has 1 aliphatic heterocycles. The fourth-order valence-electron chi connectivity index (χ4n) is 1.87. The lowest BCUT2D eigenvalue weighted by Gasteiger charge is -2.15. The molecule has 4 N–H and O–H groups in total. The van der Waals surface area contributed by atoms with Crippen molar-refractivity contribution in [1.82, 2.24) is 5.32 Å². The number of anilines is 2. The highest BCUT2D eigenvalue weighted by atomic mass is 35.5. The number of benzene rings is 1. The van der Waals surface area contributed by atoms with Crippen molar-refractivity contribution in [2.24, 2.45) is 0 Å². The molecule has 2 rings (SSSR count). The molecule has 19 heavy (non-hydrogen) atoms. The van der Waals surface area contributed by atoms with E-state index in [1.807, 2.05) is 0 Å². The van der Waals surface area contributed by atoms with Crippen LogP contribution in [-0.2, 0) is 9.84 Å². The minimum absolute atomic E-state index is 0.118. The molecule has 0 saturated carbocycles. The number of rotatable bonds is 2. The number of para-hydroxylation sites is 2. The zero-order chi connectivity index (χ0) is 14.0. The third kappa shape index (κ3) is 3.51. The first-order valence-corrected chi connectivity index (χ1v) is 7.90. The van der Waals surface area contributed by atoms with Gasteiger partial charge in [0.05, 0.1) is 34.3 Å². The first kappa shape index (κ1) is 14.0. The first-order valence-electron chi connectivity index (χ1n) is 5.64. The van der Waals surface area contributed by atoms with E-state index in [4.69, 9.17) is 17.3 Å². The number of hydrogen-bond donors (Lipinski definition) is 3. The highest BCUT2D eigenvalue weighted by Crippen LogP contribution is 2.19. The number of alkyl halides is 1. The maximum atomic E-state index is 11.7. The van der Waals surface area contributed by atoms with Crippen molar-refractivity contribution in [2.75, 3.05) is 22.6 Å². The molecule has 0 aliphatic carbocycles. The average Bonchev–Trinajstić information content (AvgIpc) is 2.55. The Bertz CT molecular complexity index is 591. The summed E-state index contributed by atoms with van der Waals surface area (Å²) in [4.78, 5) is 11.7. The van der Waals surface area contributed by atoms with Gasteiger partial charge in [0, 0.05) is 0 Å². The molecule has 1 aromatic carbocycles. The quantitative estimate of drug-likeness (QED) is 0.555. The molecule has 2 amide bonds. The third-order valence-corrected chi connectivity index (χ3v) is 5.18. The number of nitrogens with one attached hydrogen (secondary N) is 2. The van der Waals surface area contributed by atoms with Gasteiger partial charge in [0.1, 0.15) is 0 Å².